The second-order valence-electron chi connectivity index (χ2n) is 22.7. The van der Waals surface area contributed by atoms with Crippen molar-refractivity contribution in [3.05, 3.63) is 109 Å². The van der Waals surface area contributed by atoms with E-state index in [1.807, 2.05) is 0 Å². The van der Waals surface area contributed by atoms with Crippen molar-refractivity contribution in [2.24, 2.45) is 0 Å². The van der Waals surface area contributed by atoms with E-state index in [2.05, 4.69) is 130 Å². The molecule has 0 aromatic carbocycles. The maximum atomic E-state index is 12.9. The molecule has 0 amide bonds. The van der Waals surface area contributed by atoms with Gasteiger partial charge in [-0.3, -0.25) is 14.4 Å². The minimum atomic E-state index is -0.800. The molecule has 0 saturated heterocycles. The van der Waals surface area contributed by atoms with Gasteiger partial charge in [-0.2, -0.15) is 0 Å². The van der Waals surface area contributed by atoms with Crippen LogP contribution >= 0.6 is 0 Å². The highest BCUT2D eigenvalue weighted by atomic mass is 16.6. The van der Waals surface area contributed by atoms with Crippen molar-refractivity contribution in [1.82, 2.24) is 0 Å². The molecular formula is C75H128O6. The Bertz CT molecular complexity index is 1620. The number of allylic oxidation sites excluding steroid dienone is 18. The third-order valence-electron chi connectivity index (χ3n) is 14.7. The first-order valence-corrected chi connectivity index (χ1v) is 34.4. The summed E-state index contributed by atoms with van der Waals surface area (Å²) in [6.45, 7) is 6.46. The fraction of sp³-hybridized carbons (Fsp3) is 0.720. The number of carbonyl (C=O) groups is 3. The van der Waals surface area contributed by atoms with Gasteiger partial charge < -0.3 is 14.2 Å². The molecule has 464 valence electrons. The van der Waals surface area contributed by atoms with Crippen LogP contribution in [0.25, 0.3) is 0 Å². The molecule has 0 aliphatic carbocycles. The average Bonchev–Trinajstić information content (AvgIpc) is 3.47. The molecule has 1 unspecified atom stereocenters. The van der Waals surface area contributed by atoms with E-state index < -0.39 is 6.10 Å². The molecule has 0 aromatic heterocycles. The molecule has 6 heteroatoms. The summed E-state index contributed by atoms with van der Waals surface area (Å²) < 4.78 is 16.9. The number of hydrogen-bond acceptors (Lipinski definition) is 6. The first kappa shape index (κ1) is 77.1. The Morgan fingerprint density at radius 2 is 0.494 bits per heavy atom. The van der Waals surface area contributed by atoms with Crippen LogP contribution in [0.2, 0.25) is 0 Å². The molecule has 0 heterocycles. The van der Waals surface area contributed by atoms with Crippen molar-refractivity contribution >= 4 is 17.9 Å². The summed E-state index contributed by atoms with van der Waals surface area (Å²) in [5.41, 5.74) is 0. The lowest BCUT2D eigenvalue weighted by atomic mass is 10.0. The zero-order chi connectivity index (χ0) is 58.5. The van der Waals surface area contributed by atoms with Gasteiger partial charge in [-0.25, -0.2) is 0 Å². The van der Waals surface area contributed by atoms with Crippen LogP contribution in [-0.4, -0.2) is 37.2 Å². The van der Waals surface area contributed by atoms with Crippen molar-refractivity contribution in [3.63, 3.8) is 0 Å². The molecule has 0 rings (SSSR count). The van der Waals surface area contributed by atoms with E-state index in [0.29, 0.717) is 12.8 Å². The second kappa shape index (κ2) is 68.6. The fourth-order valence-electron chi connectivity index (χ4n) is 9.58. The maximum absolute atomic E-state index is 12.9. The van der Waals surface area contributed by atoms with Crippen LogP contribution in [-0.2, 0) is 28.6 Å². The molecule has 0 fully saturated rings. The molecule has 0 N–H and O–H groups in total. The lowest BCUT2D eigenvalue weighted by Crippen LogP contribution is -2.30. The average molecular weight is 1130 g/mol. The Kier molecular flexibility index (Phi) is 65.2. The number of unbranched alkanes of at least 4 members (excludes halogenated alkanes) is 33. The predicted molar refractivity (Wildman–Crippen MR) is 353 cm³/mol. The quantitative estimate of drug-likeness (QED) is 0.0261. The summed E-state index contributed by atoms with van der Waals surface area (Å²) in [6, 6.07) is 0. The molecule has 0 aliphatic rings. The monoisotopic (exact) mass is 1120 g/mol. The minimum absolute atomic E-state index is 0.0929. The lowest BCUT2D eigenvalue weighted by molar-refractivity contribution is -0.167. The molecule has 6 nitrogen and oxygen atoms in total. The molecule has 1 atom stereocenters. The normalized spacial score (nSPS) is 12.8. The lowest BCUT2D eigenvalue weighted by Gasteiger charge is -2.18. The molecule has 0 radical (unpaired) electrons. The highest BCUT2D eigenvalue weighted by Crippen LogP contribution is 2.17. The Morgan fingerprint density at radius 1 is 0.259 bits per heavy atom. The standard InChI is InChI=1S/C75H128O6/c1-4-7-10-13-16-19-22-24-26-28-30-31-32-33-34-35-36-37-38-39-40-41-42-43-45-46-48-50-53-56-59-62-65-68-74(77)80-71-72(70-79-73(76)67-64-61-58-55-52-21-18-15-12-9-6-3)81-75(78)69-66-63-60-57-54-51-49-47-44-29-27-25-23-20-17-14-11-8-5-2/h8,11,15,17-18,20,22,24-25,27-28,30,32-33,44,47,51,54,72H,4-7,9-10,12-14,16,19,21,23,26,29,31,34-43,45-46,48-50,52-53,55-71H2,1-3H3/b11-8-,18-15-,20-17-,24-22-,27-25-,30-28-,33-32-,47-44-,54-51-. The van der Waals surface area contributed by atoms with Gasteiger partial charge >= 0.3 is 17.9 Å². The maximum Gasteiger partial charge on any atom is 0.306 e. The van der Waals surface area contributed by atoms with Gasteiger partial charge in [0.15, 0.2) is 6.10 Å². The topological polar surface area (TPSA) is 78.9 Å². The van der Waals surface area contributed by atoms with Gasteiger partial charge in [0.25, 0.3) is 0 Å². The molecule has 0 spiro atoms. The highest BCUT2D eigenvalue weighted by molar-refractivity contribution is 5.71. The molecule has 0 bridgehead atoms. The van der Waals surface area contributed by atoms with E-state index in [4.69, 9.17) is 14.2 Å². The minimum Gasteiger partial charge on any atom is -0.462 e. The summed E-state index contributed by atoms with van der Waals surface area (Å²) in [5.74, 6) is -0.927. The van der Waals surface area contributed by atoms with Crippen LogP contribution in [0.1, 0.15) is 329 Å². The predicted octanol–water partition coefficient (Wildman–Crippen LogP) is 23.8. The summed E-state index contributed by atoms with van der Waals surface area (Å²) >= 11 is 0. The van der Waals surface area contributed by atoms with Crippen LogP contribution in [0.3, 0.4) is 0 Å². The van der Waals surface area contributed by atoms with Crippen LogP contribution < -0.4 is 0 Å². The summed E-state index contributed by atoms with van der Waals surface area (Å²) in [4.78, 5) is 38.3. The number of ether oxygens (including phenoxy) is 3. The Balaban J connectivity index is 4.19. The first-order valence-electron chi connectivity index (χ1n) is 34.4. The summed E-state index contributed by atoms with van der Waals surface area (Å²) in [7, 11) is 0. The molecular weight excluding hydrogens is 997 g/mol. The largest absolute Gasteiger partial charge is 0.462 e. The summed E-state index contributed by atoms with van der Waals surface area (Å²) in [6.07, 6.45) is 94.1. The third kappa shape index (κ3) is 66.8. The van der Waals surface area contributed by atoms with Crippen molar-refractivity contribution in [1.29, 1.82) is 0 Å². The van der Waals surface area contributed by atoms with Crippen molar-refractivity contribution in [2.75, 3.05) is 13.2 Å². The van der Waals surface area contributed by atoms with Crippen LogP contribution in [0, 0.1) is 0 Å². The van der Waals surface area contributed by atoms with E-state index in [0.717, 1.165) is 122 Å². The molecule has 0 aromatic rings. The second-order valence-corrected chi connectivity index (χ2v) is 22.7. The van der Waals surface area contributed by atoms with Crippen LogP contribution in [0.15, 0.2) is 109 Å². The van der Waals surface area contributed by atoms with Gasteiger partial charge in [0.1, 0.15) is 13.2 Å². The number of hydrogen-bond donors (Lipinski definition) is 0. The molecule has 0 aliphatic heterocycles. The Morgan fingerprint density at radius 3 is 0.815 bits per heavy atom. The zero-order valence-electron chi connectivity index (χ0n) is 53.3. The van der Waals surface area contributed by atoms with Gasteiger partial charge in [0.05, 0.1) is 0 Å². The fourth-order valence-corrected chi connectivity index (χ4v) is 9.58. The smallest absolute Gasteiger partial charge is 0.306 e. The Hall–Kier alpha value is -3.93. The van der Waals surface area contributed by atoms with Gasteiger partial charge in [-0.05, 0) is 122 Å². The van der Waals surface area contributed by atoms with E-state index in [-0.39, 0.29) is 37.5 Å². The van der Waals surface area contributed by atoms with E-state index in [1.54, 1.807) is 0 Å². The number of esters is 3. The molecule has 81 heavy (non-hydrogen) atoms. The summed E-state index contributed by atoms with van der Waals surface area (Å²) in [5, 5.41) is 0. The van der Waals surface area contributed by atoms with E-state index in [9.17, 15) is 14.4 Å². The van der Waals surface area contributed by atoms with Crippen molar-refractivity contribution in [2.45, 2.75) is 335 Å². The Labute approximate surface area is 501 Å². The van der Waals surface area contributed by atoms with Gasteiger partial charge in [0, 0.05) is 19.3 Å². The SMILES string of the molecule is CC/C=C\C/C=C\C/C=C\C/C=C\C/C=C\CCCCCC(=O)OC(COC(=O)CCCCCCC/C=C\CCCC)COC(=O)CCCCCCCCCCCCCCCCCCCC/C=C\C/C=C\C/C=C\CCCCCCC. The van der Waals surface area contributed by atoms with Crippen LogP contribution in [0.4, 0.5) is 0 Å². The van der Waals surface area contributed by atoms with E-state index >= 15 is 0 Å². The first-order chi connectivity index (χ1) is 40.0. The molecule has 0 saturated carbocycles. The number of carbonyl (C=O) groups excluding carboxylic acids is 3. The van der Waals surface area contributed by atoms with Gasteiger partial charge in [0.2, 0.25) is 0 Å². The van der Waals surface area contributed by atoms with Gasteiger partial charge in [-0.15, -0.1) is 0 Å². The third-order valence-corrected chi connectivity index (χ3v) is 14.7. The highest BCUT2D eigenvalue weighted by Gasteiger charge is 2.19. The van der Waals surface area contributed by atoms with Crippen LogP contribution in [0.5, 0.6) is 0 Å². The van der Waals surface area contributed by atoms with Crippen molar-refractivity contribution in [3.8, 4) is 0 Å². The van der Waals surface area contributed by atoms with E-state index in [1.165, 1.54) is 167 Å². The van der Waals surface area contributed by atoms with Crippen molar-refractivity contribution < 1.29 is 28.6 Å². The zero-order valence-corrected chi connectivity index (χ0v) is 53.3. The van der Waals surface area contributed by atoms with Gasteiger partial charge in [-0.1, -0.05) is 297 Å². The number of rotatable bonds is 62.